The molecule has 7 nitrogen and oxygen atoms in total. The number of carbonyl (C=O) groups is 1. The molecule has 2 N–H and O–H groups in total. The first-order valence-corrected chi connectivity index (χ1v) is 7.98. The van der Waals surface area contributed by atoms with Gasteiger partial charge in [-0.1, -0.05) is 11.6 Å². The SMILES string of the molecule is O=C(O)c1cc(S(=O)(=O)Nc2cc(Cl)ncn2)ccc1Br. The van der Waals surface area contributed by atoms with Gasteiger partial charge in [0.1, 0.15) is 17.3 Å². The maximum Gasteiger partial charge on any atom is 0.336 e. The van der Waals surface area contributed by atoms with Crippen molar-refractivity contribution in [1.82, 2.24) is 9.97 Å². The van der Waals surface area contributed by atoms with Crippen LogP contribution in [0, 0.1) is 0 Å². The summed E-state index contributed by atoms with van der Waals surface area (Å²) in [6, 6.07) is 4.88. The van der Waals surface area contributed by atoms with Crippen molar-refractivity contribution in [3.63, 3.8) is 0 Å². The molecule has 1 aromatic heterocycles. The Labute approximate surface area is 133 Å². The molecule has 0 spiro atoms. The van der Waals surface area contributed by atoms with Gasteiger partial charge in [0.25, 0.3) is 10.0 Å². The summed E-state index contributed by atoms with van der Waals surface area (Å²) in [7, 11) is -3.99. The standard InChI is InChI=1S/C11H7BrClN3O4S/c12-8-2-1-6(3-7(8)11(17)18)21(19,20)16-10-4-9(13)14-5-15-10/h1-5H,(H,17,18)(H,14,15,16). The third-order valence-electron chi connectivity index (χ3n) is 2.35. The highest BCUT2D eigenvalue weighted by atomic mass is 79.9. The van der Waals surface area contributed by atoms with Crippen LogP contribution in [0.25, 0.3) is 0 Å². The molecule has 0 aliphatic carbocycles. The van der Waals surface area contributed by atoms with Gasteiger partial charge in [0.15, 0.2) is 0 Å². The van der Waals surface area contributed by atoms with Crippen molar-refractivity contribution in [2.45, 2.75) is 4.90 Å². The molecule has 110 valence electrons. The summed E-state index contributed by atoms with van der Waals surface area (Å²) in [6.07, 6.45) is 1.10. The molecular formula is C11H7BrClN3O4S. The number of benzene rings is 1. The molecule has 0 aliphatic heterocycles. The predicted molar refractivity (Wildman–Crippen MR) is 79.0 cm³/mol. The lowest BCUT2D eigenvalue weighted by Gasteiger charge is -2.08. The van der Waals surface area contributed by atoms with E-state index in [-0.39, 0.29) is 25.9 Å². The minimum atomic E-state index is -3.99. The number of nitrogens with zero attached hydrogens (tertiary/aromatic N) is 2. The van der Waals surface area contributed by atoms with E-state index >= 15 is 0 Å². The normalized spacial score (nSPS) is 11.1. The second-order valence-corrected chi connectivity index (χ2v) is 6.70. The van der Waals surface area contributed by atoms with E-state index in [1.807, 2.05) is 0 Å². The molecule has 10 heteroatoms. The zero-order valence-corrected chi connectivity index (χ0v) is 13.3. The van der Waals surface area contributed by atoms with Crippen molar-refractivity contribution >= 4 is 49.3 Å². The van der Waals surface area contributed by atoms with Crippen LogP contribution in [-0.4, -0.2) is 29.5 Å². The molecule has 21 heavy (non-hydrogen) atoms. The van der Waals surface area contributed by atoms with E-state index in [0.29, 0.717) is 0 Å². The minimum Gasteiger partial charge on any atom is -0.478 e. The largest absolute Gasteiger partial charge is 0.478 e. The Morgan fingerprint density at radius 1 is 1.29 bits per heavy atom. The van der Waals surface area contributed by atoms with Crippen molar-refractivity contribution < 1.29 is 18.3 Å². The van der Waals surface area contributed by atoms with E-state index in [1.54, 1.807) is 0 Å². The van der Waals surface area contributed by atoms with Crippen LogP contribution < -0.4 is 4.72 Å². The summed E-state index contributed by atoms with van der Waals surface area (Å²) in [4.78, 5) is 18.2. The average Bonchev–Trinajstić information content (AvgIpc) is 2.38. The molecule has 2 rings (SSSR count). The second-order valence-electron chi connectivity index (χ2n) is 3.78. The van der Waals surface area contributed by atoms with Crippen molar-refractivity contribution in [2.75, 3.05) is 4.72 Å². The van der Waals surface area contributed by atoms with Gasteiger partial charge in [-0.2, -0.15) is 0 Å². The van der Waals surface area contributed by atoms with Crippen molar-refractivity contribution in [1.29, 1.82) is 0 Å². The van der Waals surface area contributed by atoms with Crippen LogP contribution in [0.15, 0.2) is 40.0 Å². The molecule has 0 bridgehead atoms. The van der Waals surface area contributed by atoms with E-state index < -0.39 is 16.0 Å². The van der Waals surface area contributed by atoms with Crippen LogP contribution in [0.4, 0.5) is 5.82 Å². The van der Waals surface area contributed by atoms with Gasteiger partial charge in [0, 0.05) is 10.5 Å². The first kappa shape index (κ1) is 15.7. The molecule has 0 radical (unpaired) electrons. The molecule has 0 unspecified atom stereocenters. The fraction of sp³-hybridized carbons (Fsp3) is 0. The Hall–Kier alpha value is -1.71. The molecule has 0 aliphatic rings. The number of hydrogen-bond acceptors (Lipinski definition) is 5. The van der Waals surface area contributed by atoms with Gasteiger partial charge in [-0.15, -0.1) is 0 Å². The average molecular weight is 393 g/mol. The number of carboxylic acid groups (broad SMARTS) is 1. The highest BCUT2D eigenvalue weighted by Crippen LogP contribution is 2.22. The Kier molecular flexibility index (Phi) is 4.45. The first-order valence-electron chi connectivity index (χ1n) is 5.33. The minimum absolute atomic E-state index is 0.0187. The second kappa shape index (κ2) is 5.96. The van der Waals surface area contributed by atoms with E-state index in [0.717, 1.165) is 12.4 Å². The number of aromatic nitrogens is 2. The van der Waals surface area contributed by atoms with Gasteiger partial charge >= 0.3 is 5.97 Å². The van der Waals surface area contributed by atoms with Crippen LogP contribution in [0.1, 0.15) is 10.4 Å². The number of rotatable bonds is 4. The van der Waals surface area contributed by atoms with Crippen LogP contribution in [0.2, 0.25) is 5.15 Å². The summed E-state index contributed by atoms with van der Waals surface area (Å²) < 4.78 is 26.8. The van der Waals surface area contributed by atoms with E-state index in [9.17, 15) is 13.2 Å². The topological polar surface area (TPSA) is 109 Å². The van der Waals surface area contributed by atoms with Crippen LogP contribution >= 0.6 is 27.5 Å². The smallest absolute Gasteiger partial charge is 0.336 e. The van der Waals surface area contributed by atoms with E-state index in [2.05, 4.69) is 30.6 Å². The molecule has 0 atom stereocenters. The van der Waals surface area contributed by atoms with Crippen LogP contribution in [0.5, 0.6) is 0 Å². The van der Waals surface area contributed by atoms with Gasteiger partial charge in [0.05, 0.1) is 10.5 Å². The fourth-order valence-corrected chi connectivity index (χ4v) is 3.01. The van der Waals surface area contributed by atoms with E-state index in [4.69, 9.17) is 16.7 Å². The summed E-state index contributed by atoms with van der Waals surface area (Å²) in [5.41, 5.74) is -0.168. The van der Waals surface area contributed by atoms with Crippen molar-refractivity contribution in [3.8, 4) is 0 Å². The first-order chi connectivity index (χ1) is 9.79. The molecule has 1 aromatic carbocycles. The van der Waals surface area contributed by atoms with Gasteiger partial charge in [-0.05, 0) is 34.1 Å². The van der Waals surface area contributed by atoms with Gasteiger partial charge in [-0.25, -0.2) is 23.2 Å². The third-order valence-corrected chi connectivity index (χ3v) is 4.60. The predicted octanol–water partition coefficient (Wildman–Crippen LogP) is 2.39. The summed E-state index contributed by atoms with van der Waals surface area (Å²) in [5.74, 6) is -1.27. The van der Waals surface area contributed by atoms with Crippen LogP contribution in [0.3, 0.4) is 0 Å². The number of carboxylic acids is 1. The Balaban J connectivity index is 2.40. The van der Waals surface area contributed by atoms with Crippen molar-refractivity contribution in [2.24, 2.45) is 0 Å². The maximum absolute atomic E-state index is 12.2. The third kappa shape index (κ3) is 3.69. The number of halogens is 2. The Morgan fingerprint density at radius 2 is 2.00 bits per heavy atom. The lowest BCUT2D eigenvalue weighted by atomic mass is 10.2. The lowest BCUT2D eigenvalue weighted by molar-refractivity contribution is 0.0695. The maximum atomic E-state index is 12.2. The molecule has 1 heterocycles. The Bertz CT molecular complexity index is 813. The summed E-state index contributed by atoms with van der Waals surface area (Å²) in [5, 5.41) is 9.07. The monoisotopic (exact) mass is 391 g/mol. The summed E-state index contributed by atoms with van der Waals surface area (Å²) >= 11 is 8.68. The lowest BCUT2D eigenvalue weighted by Crippen LogP contribution is -2.15. The highest BCUT2D eigenvalue weighted by Gasteiger charge is 2.19. The van der Waals surface area contributed by atoms with Gasteiger partial charge < -0.3 is 5.11 Å². The highest BCUT2D eigenvalue weighted by molar-refractivity contribution is 9.10. The molecule has 0 saturated carbocycles. The zero-order chi connectivity index (χ0) is 15.6. The molecular weight excluding hydrogens is 386 g/mol. The fourth-order valence-electron chi connectivity index (χ4n) is 1.42. The number of anilines is 1. The number of sulfonamides is 1. The zero-order valence-electron chi connectivity index (χ0n) is 10.1. The van der Waals surface area contributed by atoms with E-state index in [1.165, 1.54) is 18.2 Å². The van der Waals surface area contributed by atoms with Crippen LogP contribution in [-0.2, 0) is 10.0 Å². The number of nitrogens with one attached hydrogen (secondary N) is 1. The van der Waals surface area contributed by atoms with Crippen molar-refractivity contribution in [3.05, 3.63) is 45.8 Å². The van der Waals surface area contributed by atoms with Gasteiger partial charge in [-0.3, -0.25) is 4.72 Å². The molecule has 0 saturated heterocycles. The Morgan fingerprint density at radius 3 is 2.62 bits per heavy atom. The quantitative estimate of drug-likeness (QED) is 0.773. The number of aromatic carboxylic acids is 1. The molecule has 0 fully saturated rings. The molecule has 2 aromatic rings. The summed E-state index contributed by atoms with van der Waals surface area (Å²) in [6.45, 7) is 0. The molecule has 0 amide bonds. The number of hydrogen-bond donors (Lipinski definition) is 2. The van der Waals surface area contributed by atoms with Gasteiger partial charge in [0.2, 0.25) is 0 Å².